The molecule has 33 heavy (non-hydrogen) atoms. The van der Waals surface area contributed by atoms with Crippen LogP contribution in [0.1, 0.15) is 38.0 Å². The molecule has 0 spiro atoms. The van der Waals surface area contributed by atoms with E-state index >= 15 is 0 Å². The molecule has 0 saturated heterocycles. The maximum absolute atomic E-state index is 14.2. The summed E-state index contributed by atoms with van der Waals surface area (Å²) in [6.07, 6.45) is 5.63. The molecule has 3 aromatic rings. The van der Waals surface area contributed by atoms with Crippen LogP contribution in [0.2, 0.25) is 0 Å². The maximum Gasteiger partial charge on any atom is 0.229 e. The van der Waals surface area contributed by atoms with Crippen molar-refractivity contribution in [1.82, 2.24) is 10.2 Å². The molecule has 3 atom stereocenters. The Labute approximate surface area is 201 Å². The second-order valence-corrected chi connectivity index (χ2v) is 10.3. The van der Waals surface area contributed by atoms with Crippen LogP contribution in [0, 0.1) is 11.8 Å². The molecule has 1 N–H and O–H groups in total. The Kier molecular flexibility index (Phi) is 7.35. The summed E-state index contributed by atoms with van der Waals surface area (Å²) < 4.78 is 19.9. The number of aromatic nitrogens is 2. The molecule has 2 aromatic heterocycles. The molecule has 5 nitrogen and oxygen atoms in total. The zero-order valence-corrected chi connectivity index (χ0v) is 20.3. The normalized spacial score (nSPS) is 17.5. The standard InChI is InChI=1S/C25H26FN3O2S2/c1-15(2)31-20-9-7-17(8-10-20)21-11-12-22(33-21)23(18-5-4-6-19(26)13-18)16(3)24(30)28-25-29-27-14-32-25/h4-12,14-16,18,23H,13H2,1-3H3,(H,28,29,30)/t16-,18?,23-/m1/s1. The molecule has 2 heterocycles. The summed E-state index contributed by atoms with van der Waals surface area (Å²) in [4.78, 5) is 15.2. The van der Waals surface area contributed by atoms with Crippen molar-refractivity contribution in [3.05, 3.63) is 70.8 Å². The molecule has 1 aliphatic carbocycles. The van der Waals surface area contributed by atoms with Crippen LogP contribution < -0.4 is 10.1 Å². The number of hydrogen-bond acceptors (Lipinski definition) is 6. The predicted molar refractivity (Wildman–Crippen MR) is 132 cm³/mol. The van der Waals surface area contributed by atoms with Gasteiger partial charge in [-0.1, -0.05) is 30.4 Å². The molecular formula is C25H26FN3O2S2. The minimum absolute atomic E-state index is 0.113. The number of carbonyl (C=O) groups excluding carboxylic acids is 1. The first-order valence-electron chi connectivity index (χ1n) is 10.9. The van der Waals surface area contributed by atoms with E-state index in [0.717, 1.165) is 21.1 Å². The zero-order chi connectivity index (χ0) is 23.4. The van der Waals surface area contributed by atoms with Crippen molar-refractivity contribution in [3.63, 3.8) is 0 Å². The van der Waals surface area contributed by atoms with Crippen molar-refractivity contribution in [1.29, 1.82) is 0 Å². The number of benzene rings is 1. The van der Waals surface area contributed by atoms with Crippen LogP contribution in [0.25, 0.3) is 10.4 Å². The molecule has 0 saturated carbocycles. The van der Waals surface area contributed by atoms with E-state index in [1.54, 1.807) is 22.9 Å². The monoisotopic (exact) mass is 483 g/mol. The number of nitrogens with zero attached hydrogens (tertiary/aromatic N) is 2. The Balaban J connectivity index is 1.59. The molecule has 1 aromatic carbocycles. The highest BCUT2D eigenvalue weighted by Gasteiger charge is 2.34. The minimum Gasteiger partial charge on any atom is -0.491 e. The predicted octanol–water partition coefficient (Wildman–Crippen LogP) is 6.84. The highest BCUT2D eigenvalue weighted by Crippen LogP contribution is 2.43. The van der Waals surface area contributed by atoms with Gasteiger partial charge < -0.3 is 10.1 Å². The summed E-state index contributed by atoms with van der Waals surface area (Å²) in [6, 6.07) is 12.1. The van der Waals surface area contributed by atoms with Gasteiger partial charge in [-0.2, -0.15) is 0 Å². The van der Waals surface area contributed by atoms with Gasteiger partial charge in [0.15, 0.2) is 0 Å². The highest BCUT2D eigenvalue weighted by atomic mass is 32.1. The molecule has 8 heteroatoms. The Bertz CT molecular complexity index is 1140. The molecule has 1 amide bonds. The summed E-state index contributed by atoms with van der Waals surface area (Å²) in [5.41, 5.74) is 2.66. The van der Waals surface area contributed by atoms with Gasteiger partial charge in [0.1, 0.15) is 17.1 Å². The fourth-order valence-corrected chi connectivity index (χ4v) is 5.75. The SMILES string of the molecule is CC(C)Oc1ccc(-c2ccc([C@@H](C3C=CC=C(F)C3)[C@@H](C)C(=O)Nc3nncs3)s2)cc1. The lowest BCUT2D eigenvalue weighted by Gasteiger charge is -2.29. The van der Waals surface area contributed by atoms with Crippen molar-refractivity contribution in [2.24, 2.45) is 11.8 Å². The summed E-state index contributed by atoms with van der Waals surface area (Å²) in [5, 5.41) is 11.0. The van der Waals surface area contributed by atoms with Gasteiger partial charge >= 0.3 is 0 Å². The van der Waals surface area contributed by atoms with Crippen molar-refractivity contribution < 1.29 is 13.9 Å². The number of thiophene rings is 1. The third-order valence-electron chi connectivity index (χ3n) is 5.54. The quantitative estimate of drug-likeness (QED) is 0.381. The van der Waals surface area contributed by atoms with Crippen molar-refractivity contribution in [2.45, 2.75) is 39.2 Å². The van der Waals surface area contributed by atoms with E-state index in [1.807, 2.05) is 51.1 Å². The summed E-state index contributed by atoms with van der Waals surface area (Å²) in [6.45, 7) is 5.89. The fraction of sp³-hybridized carbons (Fsp3) is 0.320. The topological polar surface area (TPSA) is 64.1 Å². The van der Waals surface area contributed by atoms with E-state index in [-0.39, 0.29) is 42.0 Å². The number of allylic oxidation sites excluding steroid dienone is 4. The molecule has 0 fully saturated rings. The molecule has 0 radical (unpaired) electrons. The first kappa shape index (κ1) is 23.3. The number of hydrogen-bond donors (Lipinski definition) is 1. The van der Waals surface area contributed by atoms with Crippen LogP contribution in [-0.2, 0) is 4.79 Å². The lowest BCUT2D eigenvalue weighted by molar-refractivity contribution is -0.120. The maximum atomic E-state index is 14.2. The Morgan fingerprint density at radius 1 is 1.18 bits per heavy atom. The number of nitrogens with one attached hydrogen (secondary N) is 1. The van der Waals surface area contributed by atoms with Gasteiger partial charge in [-0.05, 0) is 67.8 Å². The van der Waals surface area contributed by atoms with Crippen molar-refractivity contribution in [3.8, 4) is 16.2 Å². The lowest BCUT2D eigenvalue weighted by Crippen LogP contribution is -2.29. The van der Waals surface area contributed by atoms with Crippen LogP contribution >= 0.6 is 22.7 Å². The van der Waals surface area contributed by atoms with Gasteiger partial charge in [-0.3, -0.25) is 4.79 Å². The average Bonchev–Trinajstić information content (AvgIpc) is 3.47. The van der Waals surface area contributed by atoms with Gasteiger partial charge in [0.05, 0.1) is 6.10 Å². The number of carbonyl (C=O) groups is 1. The van der Waals surface area contributed by atoms with Gasteiger partial charge in [0.25, 0.3) is 0 Å². The Morgan fingerprint density at radius 3 is 2.64 bits per heavy atom. The lowest BCUT2D eigenvalue weighted by atomic mass is 9.77. The Hall–Kier alpha value is -2.84. The van der Waals surface area contributed by atoms with Crippen LogP contribution in [0.5, 0.6) is 5.75 Å². The molecular weight excluding hydrogens is 457 g/mol. The van der Waals surface area contributed by atoms with E-state index in [9.17, 15) is 9.18 Å². The van der Waals surface area contributed by atoms with Gasteiger partial charge in [0, 0.05) is 28.0 Å². The minimum atomic E-state index is -0.386. The zero-order valence-electron chi connectivity index (χ0n) is 18.7. The fourth-order valence-electron chi connectivity index (χ4n) is 4.01. The van der Waals surface area contributed by atoms with E-state index in [1.165, 1.54) is 17.4 Å². The van der Waals surface area contributed by atoms with Gasteiger partial charge in [-0.25, -0.2) is 4.39 Å². The largest absolute Gasteiger partial charge is 0.491 e. The second-order valence-electron chi connectivity index (χ2n) is 8.31. The van der Waals surface area contributed by atoms with Crippen LogP contribution in [0.3, 0.4) is 0 Å². The number of ether oxygens (including phenoxy) is 1. The summed E-state index contributed by atoms with van der Waals surface area (Å²) in [7, 11) is 0. The van der Waals surface area contributed by atoms with Gasteiger partial charge in [-0.15, -0.1) is 21.5 Å². The third-order valence-corrected chi connectivity index (χ3v) is 7.38. The third kappa shape index (κ3) is 5.75. The molecule has 172 valence electrons. The van der Waals surface area contributed by atoms with E-state index in [2.05, 4.69) is 27.6 Å². The summed E-state index contributed by atoms with van der Waals surface area (Å²) >= 11 is 2.91. The second kappa shape index (κ2) is 10.4. The number of anilines is 1. The Morgan fingerprint density at radius 2 is 1.97 bits per heavy atom. The average molecular weight is 484 g/mol. The first-order chi connectivity index (χ1) is 15.9. The molecule has 0 aliphatic heterocycles. The highest BCUT2D eigenvalue weighted by molar-refractivity contribution is 7.15. The van der Waals surface area contributed by atoms with E-state index in [4.69, 9.17) is 4.74 Å². The van der Waals surface area contributed by atoms with Crippen molar-refractivity contribution in [2.75, 3.05) is 5.32 Å². The van der Waals surface area contributed by atoms with Crippen LogP contribution in [0.15, 0.2) is 66.0 Å². The summed E-state index contributed by atoms with van der Waals surface area (Å²) in [5.74, 6) is -0.149. The molecule has 1 unspecified atom stereocenters. The van der Waals surface area contributed by atoms with Crippen LogP contribution in [0.4, 0.5) is 9.52 Å². The van der Waals surface area contributed by atoms with Crippen LogP contribution in [-0.4, -0.2) is 22.2 Å². The smallest absolute Gasteiger partial charge is 0.229 e. The first-order valence-corrected chi connectivity index (χ1v) is 12.6. The van der Waals surface area contributed by atoms with Crippen molar-refractivity contribution >= 4 is 33.7 Å². The van der Waals surface area contributed by atoms with E-state index < -0.39 is 0 Å². The van der Waals surface area contributed by atoms with E-state index in [0.29, 0.717) is 5.13 Å². The number of halogens is 1. The molecule has 0 bridgehead atoms. The number of rotatable bonds is 8. The molecule has 4 rings (SSSR count). The number of amides is 1. The van der Waals surface area contributed by atoms with Gasteiger partial charge in [0.2, 0.25) is 11.0 Å². The molecule has 1 aliphatic rings.